The van der Waals surface area contributed by atoms with E-state index in [2.05, 4.69) is 15.6 Å². The molecule has 1 saturated heterocycles. The molecule has 1 heterocycles. The molecule has 1 atom stereocenters. The summed E-state index contributed by atoms with van der Waals surface area (Å²) in [5.41, 5.74) is 3.02. The predicted molar refractivity (Wildman–Crippen MR) is 57.6 cm³/mol. The summed E-state index contributed by atoms with van der Waals surface area (Å²) in [6.45, 7) is 0.279. The highest BCUT2D eigenvalue weighted by atomic mass is 16.7. The standard InChI is InChI=1S/C11H12N2O4/c14-10-9(7-17-13-10)12-11(15)16-6-8-4-2-1-3-5-8/h1-5,9H,6-7H2,(H,12,15)(H,13,14)/t9-/m1/s1. The van der Waals surface area contributed by atoms with Gasteiger partial charge in [-0.2, -0.15) is 0 Å². The summed E-state index contributed by atoms with van der Waals surface area (Å²) in [6.07, 6.45) is -0.639. The van der Waals surface area contributed by atoms with Crippen molar-refractivity contribution in [2.45, 2.75) is 12.6 Å². The van der Waals surface area contributed by atoms with E-state index >= 15 is 0 Å². The Labute approximate surface area is 97.9 Å². The fourth-order valence-corrected chi connectivity index (χ4v) is 1.36. The van der Waals surface area contributed by atoms with Crippen molar-refractivity contribution in [2.24, 2.45) is 0 Å². The molecule has 90 valence electrons. The molecule has 6 heteroatoms. The number of hydrogen-bond donors (Lipinski definition) is 2. The van der Waals surface area contributed by atoms with Gasteiger partial charge in [0.15, 0.2) is 0 Å². The molecule has 2 amide bonds. The van der Waals surface area contributed by atoms with E-state index in [9.17, 15) is 9.59 Å². The van der Waals surface area contributed by atoms with Gasteiger partial charge < -0.3 is 10.1 Å². The molecule has 0 spiro atoms. The summed E-state index contributed by atoms with van der Waals surface area (Å²) >= 11 is 0. The quantitative estimate of drug-likeness (QED) is 0.793. The molecule has 1 fully saturated rings. The van der Waals surface area contributed by atoms with Gasteiger partial charge in [0.2, 0.25) is 0 Å². The molecule has 0 unspecified atom stereocenters. The molecule has 0 aliphatic carbocycles. The van der Waals surface area contributed by atoms with Gasteiger partial charge in [-0.25, -0.2) is 10.3 Å². The van der Waals surface area contributed by atoms with Crippen LogP contribution in [0.25, 0.3) is 0 Å². The van der Waals surface area contributed by atoms with Crippen molar-refractivity contribution in [3.8, 4) is 0 Å². The summed E-state index contributed by atoms with van der Waals surface area (Å²) in [7, 11) is 0. The topological polar surface area (TPSA) is 76.7 Å². The maximum Gasteiger partial charge on any atom is 0.408 e. The molecule has 0 aromatic heterocycles. The molecule has 0 saturated carbocycles. The van der Waals surface area contributed by atoms with Crippen molar-refractivity contribution in [3.05, 3.63) is 35.9 Å². The number of amides is 2. The van der Waals surface area contributed by atoms with Crippen LogP contribution in [0.15, 0.2) is 30.3 Å². The molecule has 1 aliphatic rings. The van der Waals surface area contributed by atoms with Crippen LogP contribution in [-0.4, -0.2) is 24.6 Å². The monoisotopic (exact) mass is 236 g/mol. The Morgan fingerprint density at radius 3 is 2.88 bits per heavy atom. The number of ether oxygens (including phenoxy) is 1. The molecular formula is C11H12N2O4. The second-order valence-electron chi connectivity index (χ2n) is 3.54. The van der Waals surface area contributed by atoms with Gasteiger partial charge in [-0.1, -0.05) is 30.3 Å². The van der Waals surface area contributed by atoms with Crippen molar-refractivity contribution in [1.82, 2.24) is 10.8 Å². The smallest absolute Gasteiger partial charge is 0.408 e. The fourth-order valence-electron chi connectivity index (χ4n) is 1.36. The molecule has 0 bridgehead atoms. The van der Waals surface area contributed by atoms with Gasteiger partial charge >= 0.3 is 6.09 Å². The Hall–Kier alpha value is -2.08. The third kappa shape index (κ3) is 3.18. The third-order valence-corrected chi connectivity index (χ3v) is 2.24. The number of carbonyl (C=O) groups is 2. The van der Waals surface area contributed by atoms with E-state index in [1.807, 2.05) is 30.3 Å². The summed E-state index contributed by atoms with van der Waals surface area (Å²) in [4.78, 5) is 27.1. The zero-order valence-corrected chi connectivity index (χ0v) is 9.01. The van der Waals surface area contributed by atoms with E-state index in [0.717, 1.165) is 5.56 Å². The van der Waals surface area contributed by atoms with Crippen LogP contribution in [0.4, 0.5) is 4.79 Å². The van der Waals surface area contributed by atoms with Crippen LogP contribution < -0.4 is 10.8 Å². The van der Waals surface area contributed by atoms with Crippen LogP contribution in [0.1, 0.15) is 5.56 Å². The minimum atomic E-state index is -0.682. The van der Waals surface area contributed by atoms with Gasteiger partial charge in [0.25, 0.3) is 5.91 Å². The zero-order valence-electron chi connectivity index (χ0n) is 9.01. The minimum absolute atomic E-state index is 0.110. The van der Waals surface area contributed by atoms with Crippen LogP contribution in [0.2, 0.25) is 0 Å². The van der Waals surface area contributed by atoms with Crippen LogP contribution in [0.5, 0.6) is 0 Å². The number of benzene rings is 1. The summed E-state index contributed by atoms with van der Waals surface area (Å²) < 4.78 is 4.95. The molecule has 1 aromatic rings. The van der Waals surface area contributed by atoms with Crippen molar-refractivity contribution < 1.29 is 19.2 Å². The molecular weight excluding hydrogens is 224 g/mol. The van der Waals surface area contributed by atoms with Gasteiger partial charge in [-0.05, 0) is 5.56 Å². The molecule has 1 aliphatic heterocycles. The number of hydrogen-bond acceptors (Lipinski definition) is 4. The van der Waals surface area contributed by atoms with Crippen LogP contribution >= 0.6 is 0 Å². The highest BCUT2D eigenvalue weighted by Gasteiger charge is 2.27. The lowest BCUT2D eigenvalue weighted by molar-refractivity contribution is -0.125. The Morgan fingerprint density at radius 1 is 1.47 bits per heavy atom. The van der Waals surface area contributed by atoms with Gasteiger partial charge in [0.1, 0.15) is 19.3 Å². The third-order valence-electron chi connectivity index (χ3n) is 2.24. The molecule has 2 N–H and O–H groups in total. The number of carbonyl (C=O) groups excluding carboxylic acids is 2. The molecule has 6 nitrogen and oxygen atoms in total. The zero-order chi connectivity index (χ0) is 12.1. The van der Waals surface area contributed by atoms with Crippen molar-refractivity contribution in [2.75, 3.05) is 6.61 Å². The first-order chi connectivity index (χ1) is 8.25. The maximum absolute atomic E-state index is 11.3. The van der Waals surface area contributed by atoms with E-state index < -0.39 is 12.1 Å². The SMILES string of the molecule is O=C(N[C@@H]1CONC1=O)OCc1ccccc1. The Morgan fingerprint density at radius 2 is 2.24 bits per heavy atom. The second kappa shape index (κ2) is 5.31. The molecule has 0 radical (unpaired) electrons. The van der Waals surface area contributed by atoms with Crippen molar-refractivity contribution in [3.63, 3.8) is 0 Å². The van der Waals surface area contributed by atoms with E-state index in [4.69, 9.17) is 4.74 Å². The van der Waals surface area contributed by atoms with Crippen LogP contribution in [-0.2, 0) is 21.0 Å². The van der Waals surface area contributed by atoms with Gasteiger partial charge in [-0.3, -0.25) is 9.63 Å². The van der Waals surface area contributed by atoms with Gasteiger partial charge in [0, 0.05) is 0 Å². The summed E-state index contributed by atoms with van der Waals surface area (Å²) in [6, 6.07) is 8.60. The molecule has 2 rings (SSSR count). The van der Waals surface area contributed by atoms with Gasteiger partial charge in [-0.15, -0.1) is 0 Å². The van der Waals surface area contributed by atoms with E-state index in [1.54, 1.807) is 0 Å². The highest BCUT2D eigenvalue weighted by Crippen LogP contribution is 2.01. The largest absolute Gasteiger partial charge is 0.445 e. The summed E-state index contributed by atoms with van der Waals surface area (Å²) in [5, 5.41) is 2.40. The second-order valence-corrected chi connectivity index (χ2v) is 3.54. The molecule has 1 aromatic carbocycles. The van der Waals surface area contributed by atoms with E-state index in [1.165, 1.54) is 0 Å². The Balaban J connectivity index is 1.76. The number of hydroxylamine groups is 1. The fraction of sp³-hybridized carbons (Fsp3) is 0.273. The van der Waals surface area contributed by atoms with Crippen molar-refractivity contribution >= 4 is 12.0 Å². The lowest BCUT2D eigenvalue weighted by atomic mass is 10.2. The van der Waals surface area contributed by atoms with E-state index in [-0.39, 0.29) is 19.1 Å². The maximum atomic E-state index is 11.3. The highest BCUT2D eigenvalue weighted by molar-refractivity contribution is 5.86. The van der Waals surface area contributed by atoms with Crippen molar-refractivity contribution in [1.29, 1.82) is 0 Å². The van der Waals surface area contributed by atoms with Gasteiger partial charge in [0.05, 0.1) is 0 Å². The lowest BCUT2D eigenvalue weighted by Gasteiger charge is -2.09. The Kier molecular flexibility index (Phi) is 3.56. The minimum Gasteiger partial charge on any atom is -0.445 e. The van der Waals surface area contributed by atoms with E-state index in [0.29, 0.717) is 0 Å². The Bertz CT molecular complexity index is 407. The average molecular weight is 236 g/mol. The van der Waals surface area contributed by atoms with Crippen LogP contribution in [0, 0.1) is 0 Å². The predicted octanol–water partition coefficient (Wildman–Crippen LogP) is 0.343. The average Bonchev–Trinajstić information content (AvgIpc) is 2.74. The number of rotatable bonds is 3. The molecule has 17 heavy (non-hydrogen) atoms. The number of alkyl carbamates (subject to hydrolysis) is 1. The van der Waals surface area contributed by atoms with Crippen LogP contribution in [0.3, 0.4) is 0 Å². The first kappa shape index (κ1) is 11.4. The number of nitrogens with one attached hydrogen (secondary N) is 2. The normalized spacial score (nSPS) is 18.6. The lowest BCUT2D eigenvalue weighted by Crippen LogP contribution is -2.41. The first-order valence-corrected chi connectivity index (χ1v) is 5.14. The first-order valence-electron chi connectivity index (χ1n) is 5.14. The summed E-state index contributed by atoms with van der Waals surface area (Å²) in [5.74, 6) is -0.373.